The molecule has 1 aromatic heterocycles. The SMILES string of the molecule is CSC1CCCCC1Nc1ccc(N)nc1. The van der Waals surface area contributed by atoms with Gasteiger partial charge in [0.1, 0.15) is 5.82 Å². The fourth-order valence-electron chi connectivity index (χ4n) is 2.25. The van der Waals surface area contributed by atoms with Crippen LogP contribution < -0.4 is 11.1 Å². The fraction of sp³-hybridized carbons (Fsp3) is 0.583. The molecule has 1 aliphatic rings. The summed E-state index contributed by atoms with van der Waals surface area (Å²) < 4.78 is 0. The molecule has 88 valence electrons. The van der Waals surface area contributed by atoms with Crippen LogP contribution in [0.1, 0.15) is 25.7 Å². The van der Waals surface area contributed by atoms with Crippen molar-refractivity contribution >= 4 is 23.3 Å². The molecule has 3 nitrogen and oxygen atoms in total. The van der Waals surface area contributed by atoms with Gasteiger partial charge in [0.05, 0.1) is 11.9 Å². The lowest BCUT2D eigenvalue weighted by molar-refractivity contribution is 0.475. The summed E-state index contributed by atoms with van der Waals surface area (Å²) in [6.07, 6.45) is 9.30. The van der Waals surface area contributed by atoms with Crippen molar-refractivity contribution in [1.82, 2.24) is 4.98 Å². The van der Waals surface area contributed by atoms with Crippen LogP contribution in [0.2, 0.25) is 0 Å². The highest BCUT2D eigenvalue weighted by atomic mass is 32.2. The monoisotopic (exact) mass is 237 g/mol. The van der Waals surface area contributed by atoms with Crippen LogP contribution in [-0.4, -0.2) is 22.5 Å². The second-order valence-corrected chi connectivity index (χ2v) is 5.36. The highest BCUT2D eigenvalue weighted by Crippen LogP contribution is 2.29. The maximum atomic E-state index is 5.57. The number of nitrogens with zero attached hydrogens (tertiary/aromatic N) is 1. The Labute approximate surface area is 101 Å². The van der Waals surface area contributed by atoms with Gasteiger partial charge in [-0.3, -0.25) is 0 Å². The first kappa shape index (κ1) is 11.6. The summed E-state index contributed by atoms with van der Waals surface area (Å²) in [5.74, 6) is 0.579. The second kappa shape index (κ2) is 5.43. The number of rotatable bonds is 3. The van der Waals surface area contributed by atoms with E-state index in [1.165, 1.54) is 25.7 Å². The van der Waals surface area contributed by atoms with E-state index in [9.17, 15) is 0 Å². The smallest absolute Gasteiger partial charge is 0.123 e. The molecule has 0 aromatic carbocycles. The van der Waals surface area contributed by atoms with Crippen molar-refractivity contribution in [2.24, 2.45) is 0 Å². The maximum Gasteiger partial charge on any atom is 0.123 e. The lowest BCUT2D eigenvalue weighted by Gasteiger charge is -2.31. The third-order valence-electron chi connectivity index (χ3n) is 3.14. The van der Waals surface area contributed by atoms with Crippen LogP contribution in [0.4, 0.5) is 11.5 Å². The minimum absolute atomic E-state index is 0.578. The van der Waals surface area contributed by atoms with Gasteiger partial charge in [-0.2, -0.15) is 11.8 Å². The Balaban J connectivity index is 1.99. The summed E-state index contributed by atoms with van der Waals surface area (Å²) in [6, 6.07) is 4.43. The second-order valence-electron chi connectivity index (χ2n) is 4.28. The molecule has 0 saturated heterocycles. The molecule has 0 aliphatic heterocycles. The predicted molar refractivity (Wildman–Crippen MR) is 71.8 cm³/mol. The van der Waals surface area contributed by atoms with Crippen molar-refractivity contribution < 1.29 is 0 Å². The first-order chi connectivity index (χ1) is 7.79. The van der Waals surface area contributed by atoms with Crippen molar-refractivity contribution in [3.05, 3.63) is 18.3 Å². The molecule has 3 N–H and O–H groups in total. The molecular weight excluding hydrogens is 218 g/mol. The summed E-state index contributed by atoms with van der Waals surface area (Å²) in [5.41, 5.74) is 6.65. The molecule has 1 heterocycles. The number of nitrogen functional groups attached to an aromatic ring is 1. The summed E-state index contributed by atoms with van der Waals surface area (Å²) in [5, 5.41) is 4.30. The van der Waals surface area contributed by atoms with E-state index in [0.29, 0.717) is 11.9 Å². The summed E-state index contributed by atoms with van der Waals surface area (Å²) in [6.45, 7) is 0. The lowest BCUT2D eigenvalue weighted by atomic mass is 9.95. The van der Waals surface area contributed by atoms with E-state index in [1.807, 2.05) is 30.1 Å². The third kappa shape index (κ3) is 2.82. The molecule has 0 amide bonds. The molecule has 1 saturated carbocycles. The lowest BCUT2D eigenvalue weighted by Crippen LogP contribution is -2.34. The van der Waals surface area contributed by atoms with E-state index in [2.05, 4.69) is 16.6 Å². The van der Waals surface area contributed by atoms with Gasteiger partial charge in [0.25, 0.3) is 0 Å². The molecule has 0 radical (unpaired) electrons. The molecule has 4 heteroatoms. The van der Waals surface area contributed by atoms with Gasteiger partial charge >= 0.3 is 0 Å². The van der Waals surface area contributed by atoms with E-state index >= 15 is 0 Å². The van der Waals surface area contributed by atoms with Gasteiger partial charge in [-0.25, -0.2) is 4.98 Å². The molecule has 0 bridgehead atoms. The minimum Gasteiger partial charge on any atom is -0.384 e. The van der Waals surface area contributed by atoms with Crippen molar-refractivity contribution in [2.45, 2.75) is 37.0 Å². The van der Waals surface area contributed by atoms with Gasteiger partial charge in [-0.05, 0) is 31.2 Å². The average Bonchev–Trinajstić information content (AvgIpc) is 2.33. The molecule has 2 rings (SSSR count). The Kier molecular flexibility index (Phi) is 3.93. The number of nitrogens with two attached hydrogens (primary N) is 1. The zero-order chi connectivity index (χ0) is 11.4. The van der Waals surface area contributed by atoms with Crippen LogP contribution in [0.5, 0.6) is 0 Å². The van der Waals surface area contributed by atoms with Gasteiger partial charge < -0.3 is 11.1 Å². The van der Waals surface area contributed by atoms with E-state index in [4.69, 9.17) is 5.73 Å². The van der Waals surface area contributed by atoms with Crippen LogP contribution in [0, 0.1) is 0 Å². The average molecular weight is 237 g/mol. The van der Waals surface area contributed by atoms with Crippen LogP contribution in [0.3, 0.4) is 0 Å². The Hall–Kier alpha value is -0.900. The molecule has 1 aromatic rings. The van der Waals surface area contributed by atoms with Gasteiger partial charge in [-0.15, -0.1) is 0 Å². The Bertz CT molecular complexity index is 326. The molecule has 16 heavy (non-hydrogen) atoms. The quantitative estimate of drug-likeness (QED) is 0.848. The van der Waals surface area contributed by atoms with Crippen LogP contribution in [0.25, 0.3) is 0 Å². The molecule has 1 aliphatic carbocycles. The third-order valence-corrected chi connectivity index (χ3v) is 4.31. The topological polar surface area (TPSA) is 50.9 Å². The van der Waals surface area contributed by atoms with E-state index in [0.717, 1.165) is 10.9 Å². The van der Waals surface area contributed by atoms with Crippen molar-refractivity contribution in [1.29, 1.82) is 0 Å². The van der Waals surface area contributed by atoms with Gasteiger partial charge in [-0.1, -0.05) is 12.8 Å². The van der Waals surface area contributed by atoms with Gasteiger partial charge in [0.15, 0.2) is 0 Å². The van der Waals surface area contributed by atoms with Gasteiger partial charge in [0.2, 0.25) is 0 Å². The van der Waals surface area contributed by atoms with Crippen molar-refractivity contribution in [3.63, 3.8) is 0 Å². The first-order valence-electron chi connectivity index (χ1n) is 5.80. The summed E-state index contributed by atoms with van der Waals surface area (Å²) in [7, 11) is 0. The number of aromatic nitrogens is 1. The zero-order valence-corrected chi connectivity index (χ0v) is 10.5. The largest absolute Gasteiger partial charge is 0.384 e. The molecule has 2 atom stereocenters. The van der Waals surface area contributed by atoms with Crippen LogP contribution in [-0.2, 0) is 0 Å². The maximum absolute atomic E-state index is 5.57. The molecule has 2 unspecified atom stereocenters. The Morgan fingerprint density at radius 3 is 2.88 bits per heavy atom. The number of hydrogen-bond acceptors (Lipinski definition) is 4. The number of thioether (sulfide) groups is 1. The molecular formula is C12H19N3S. The van der Waals surface area contributed by atoms with E-state index < -0.39 is 0 Å². The van der Waals surface area contributed by atoms with Crippen molar-refractivity contribution in [2.75, 3.05) is 17.3 Å². The van der Waals surface area contributed by atoms with Crippen LogP contribution in [0.15, 0.2) is 18.3 Å². The number of anilines is 2. The number of hydrogen-bond donors (Lipinski definition) is 2. The van der Waals surface area contributed by atoms with E-state index in [-0.39, 0.29) is 0 Å². The van der Waals surface area contributed by atoms with Crippen molar-refractivity contribution in [3.8, 4) is 0 Å². The highest BCUT2D eigenvalue weighted by Gasteiger charge is 2.23. The van der Waals surface area contributed by atoms with E-state index in [1.54, 1.807) is 0 Å². The Morgan fingerprint density at radius 2 is 2.19 bits per heavy atom. The normalized spacial score (nSPS) is 25.3. The van der Waals surface area contributed by atoms with Crippen LogP contribution >= 0.6 is 11.8 Å². The number of nitrogens with one attached hydrogen (secondary N) is 1. The highest BCUT2D eigenvalue weighted by molar-refractivity contribution is 7.99. The standard InChI is InChI=1S/C12H19N3S/c1-16-11-5-3-2-4-10(11)15-9-6-7-12(13)14-8-9/h6-8,10-11,15H,2-5H2,1H3,(H2,13,14). The first-order valence-corrected chi connectivity index (χ1v) is 7.09. The molecule has 0 spiro atoms. The van der Waals surface area contributed by atoms with Gasteiger partial charge in [0, 0.05) is 11.3 Å². The zero-order valence-electron chi connectivity index (χ0n) is 9.65. The summed E-state index contributed by atoms with van der Waals surface area (Å²) >= 11 is 1.97. The fourth-order valence-corrected chi connectivity index (χ4v) is 3.18. The Morgan fingerprint density at radius 1 is 1.38 bits per heavy atom. The minimum atomic E-state index is 0.578. The number of pyridine rings is 1. The predicted octanol–water partition coefficient (Wildman–Crippen LogP) is 2.75. The molecule has 1 fully saturated rings. The summed E-state index contributed by atoms with van der Waals surface area (Å²) in [4.78, 5) is 4.10.